The second-order valence-electron chi connectivity index (χ2n) is 6.15. The normalized spacial score (nSPS) is 18.3. The molecular formula is C18H22FN3O. The number of rotatable bonds is 4. The van der Waals surface area contributed by atoms with Gasteiger partial charge in [0.1, 0.15) is 17.4 Å². The molecule has 1 aromatic heterocycles. The molecule has 0 bridgehead atoms. The van der Waals surface area contributed by atoms with Crippen LogP contribution >= 0.6 is 0 Å². The molecule has 1 unspecified atom stereocenters. The number of aromatic nitrogens is 2. The fourth-order valence-electron chi connectivity index (χ4n) is 3.23. The highest BCUT2D eigenvalue weighted by Gasteiger charge is 2.27. The number of hydrogen-bond acceptors (Lipinski definition) is 4. The fourth-order valence-corrected chi connectivity index (χ4v) is 3.23. The van der Waals surface area contributed by atoms with Gasteiger partial charge in [-0.25, -0.2) is 14.4 Å². The lowest BCUT2D eigenvalue weighted by Gasteiger charge is -2.18. The Bertz CT molecular complexity index is 684. The third-order valence-corrected chi connectivity index (χ3v) is 4.31. The van der Waals surface area contributed by atoms with Gasteiger partial charge in [-0.2, -0.15) is 0 Å². The maximum atomic E-state index is 14.1. The average Bonchev–Trinajstić information content (AvgIpc) is 2.97. The van der Waals surface area contributed by atoms with Gasteiger partial charge in [0.15, 0.2) is 0 Å². The maximum absolute atomic E-state index is 14.1. The summed E-state index contributed by atoms with van der Waals surface area (Å²) in [4.78, 5) is 11.4. The molecule has 23 heavy (non-hydrogen) atoms. The molecule has 4 nitrogen and oxygen atoms in total. The Morgan fingerprint density at radius 1 is 1.26 bits per heavy atom. The monoisotopic (exact) mass is 315 g/mol. The van der Waals surface area contributed by atoms with Crippen LogP contribution in [0.25, 0.3) is 0 Å². The minimum atomic E-state index is -0.213. The molecule has 0 spiro atoms. The molecule has 0 aliphatic carbocycles. The Balaban J connectivity index is 1.73. The van der Waals surface area contributed by atoms with Crippen LogP contribution in [0.3, 0.4) is 0 Å². The van der Waals surface area contributed by atoms with E-state index in [9.17, 15) is 4.39 Å². The van der Waals surface area contributed by atoms with Crippen molar-refractivity contribution in [3.63, 3.8) is 0 Å². The molecule has 5 heteroatoms. The van der Waals surface area contributed by atoms with E-state index in [1.54, 1.807) is 19.2 Å². The van der Waals surface area contributed by atoms with E-state index in [4.69, 9.17) is 4.74 Å². The summed E-state index contributed by atoms with van der Waals surface area (Å²) in [5.41, 5.74) is 2.63. The van der Waals surface area contributed by atoms with Crippen molar-refractivity contribution in [2.45, 2.75) is 32.7 Å². The smallest absolute Gasteiger partial charge is 0.133 e. The fraction of sp³-hybridized carbons (Fsp3) is 0.444. The van der Waals surface area contributed by atoms with Crippen molar-refractivity contribution < 1.29 is 9.13 Å². The number of methoxy groups -OCH3 is 1. The summed E-state index contributed by atoms with van der Waals surface area (Å²) in [5, 5.41) is 0. The van der Waals surface area contributed by atoms with Crippen molar-refractivity contribution >= 4 is 0 Å². The summed E-state index contributed by atoms with van der Waals surface area (Å²) in [7, 11) is 1.58. The van der Waals surface area contributed by atoms with Crippen LogP contribution in [-0.2, 0) is 6.54 Å². The van der Waals surface area contributed by atoms with E-state index in [0.29, 0.717) is 23.8 Å². The zero-order valence-electron chi connectivity index (χ0n) is 13.8. The van der Waals surface area contributed by atoms with Crippen molar-refractivity contribution in [2.75, 3.05) is 20.2 Å². The van der Waals surface area contributed by atoms with E-state index >= 15 is 0 Å². The molecule has 2 heterocycles. The molecular weight excluding hydrogens is 293 g/mol. The first kappa shape index (κ1) is 15.9. The molecule has 1 saturated heterocycles. The second kappa shape index (κ2) is 6.62. The predicted octanol–water partition coefficient (Wildman–Crippen LogP) is 3.23. The molecule has 1 aliphatic heterocycles. The molecule has 1 fully saturated rings. The van der Waals surface area contributed by atoms with E-state index in [-0.39, 0.29) is 5.82 Å². The van der Waals surface area contributed by atoms with Crippen LogP contribution in [0, 0.1) is 19.7 Å². The van der Waals surface area contributed by atoms with Gasteiger partial charge in [0, 0.05) is 36.0 Å². The zero-order valence-corrected chi connectivity index (χ0v) is 13.8. The Hall–Kier alpha value is -2.01. The molecule has 0 amide bonds. The number of hydrogen-bond donors (Lipinski definition) is 0. The Kier molecular flexibility index (Phi) is 4.57. The lowest BCUT2D eigenvalue weighted by Crippen LogP contribution is -2.21. The number of nitrogens with zero attached hydrogens (tertiary/aromatic N) is 3. The number of benzene rings is 1. The minimum Gasteiger partial charge on any atom is -0.496 e. The van der Waals surface area contributed by atoms with Gasteiger partial charge in [-0.1, -0.05) is 6.07 Å². The highest BCUT2D eigenvalue weighted by Crippen LogP contribution is 2.29. The molecule has 3 rings (SSSR count). The van der Waals surface area contributed by atoms with Gasteiger partial charge in [0.05, 0.1) is 7.11 Å². The van der Waals surface area contributed by atoms with Gasteiger partial charge in [-0.3, -0.25) is 4.90 Å². The van der Waals surface area contributed by atoms with Crippen LogP contribution in [0.4, 0.5) is 4.39 Å². The van der Waals surface area contributed by atoms with Gasteiger partial charge < -0.3 is 4.74 Å². The van der Waals surface area contributed by atoms with E-state index in [2.05, 4.69) is 14.9 Å². The molecule has 2 aromatic rings. The number of likely N-dealkylation sites (tertiary alicyclic amines) is 1. The number of aryl methyl sites for hydroxylation is 2. The van der Waals surface area contributed by atoms with Crippen LogP contribution in [0.5, 0.6) is 5.75 Å². The summed E-state index contributed by atoms with van der Waals surface area (Å²) in [6.07, 6.45) is 1.000. The van der Waals surface area contributed by atoms with Crippen LogP contribution in [0.1, 0.15) is 35.1 Å². The average molecular weight is 315 g/mol. The Morgan fingerprint density at radius 2 is 2.00 bits per heavy atom. The molecule has 0 N–H and O–H groups in total. The van der Waals surface area contributed by atoms with Crippen LogP contribution in [0.15, 0.2) is 24.3 Å². The van der Waals surface area contributed by atoms with Crippen LogP contribution < -0.4 is 4.74 Å². The molecule has 1 aliphatic rings. The molecule has 0 saturated carbocycles. The van der Waals surface area contributed by atoms with Crippen molar-refractivity contribution in [1.82, 2.24) is 14.9 Å². The van der Waals surface area contributed by atoms with E-state index in [1.165, 1.54) is 6.07 Å². The van der Waals surface area contributed by atoms with Crippen molar-refractivity contribution in [1.29, 1.82) is 0 Å². The van der Waals surface area contributed by atoms with Gasteiger partial charge in [-0.05, 0) is 45.0 Å². The molecule has 122 valence electrons. The van der Waals surface area contributed by atoms with Crippen molar-refractivity contribution in [2.24, 2.45) is 0 Å². The highest BCUT2D eigenvalue weighted by molar-refractivity contribution is 5.34. The van der Waals surface area contributed by atoms with Crippen LogP contribution in [0.2, 0.25) is 0 Å². The Labute approximate surface area is 136 Å². The van der Waals surface area contributed by atoms with E-state index in [1.807, 2.05) is 19.9 Å². The SMILES string of the molecule is COc1cccc(F)c1CN1CCC(c2nc(C)cc(C)n2)C1. The van der Waals surface area contributed by atoms with Crippen molar-refractivity contribution in [3.05, 3.63) is 52.9 Å². The zero-order chi connectivity index (χ0) is 16.4. The first-order valence-corrected chi connectivity index (χ1v) is 7.92. The highest BCUT2D eigenvalue weighted by atomic mass is 19.1. The summed E-state index contributed by atoms with van der Waals surface area (Å²) in [6, 6.07) is 6.95. The summed E-state index contributed by atoms with van der Waals surface area (Å²) in [5.74, 6) is 1.61. The largest absolute Gasteiger partial charge is 0.496 e. The topological polar surface area (TPSA) is 38.2 Å². The first-order chi connectivity index (χ1) is 11.1. The van der Waals surface area contributed by atoms with Crippen molar-refractivity contribution in [3.8, 4) is 5.75 Å². The quantitative estimate of drug-likeness (QED) is 0.868. The Morgan fingerprint density at radius 3 is 2.70 bits per heavy atom. The molecule has 1 atom stereocenters. The minimum absolute atomic E-state index is 0.213. The number of halogens is 1. The summed E-state index contributed by atoms with van der Waals surface area (Å²) < 4.78 is 19.4. The van der Waals surface area contributed by atoms with Gasteiger partial charge in [0.2, 0.25) is 0 Å². The van der Waals surface area contributed by atoms with E-state index in [0.717, 1.165) is 36.7 Å². The second-order valence-corrected chi connectivity index (χ2v) is 6.15. The lowest BCUT2D eigenvalue weighted by molar-refractivity contribution is 0.309. The maximum Gasteiger partial charge on any atom is 0.133 e. The third kappa shape index (κ3) is 3.50. The third-order valence-electron chi connectivity index (χ3n) is 4.31. The lowest BCUT2D eigenvalue weighted by atomic mass is 10.1. The standard InChI is InChI=1S/C18H22FN3O/c1-12-9-13(2)21-18(20-12)14-7-8-22(10-14)11-15-16(19)5-4-6-17(15)23-3/h4-6,9,14H,7-8,10-11H2,1-3H3. The van der Waals surface area contributed by atoms with E-state index < -0.39 is 0 Å². The summed E-state index contributed by atoms with van der Waals surface area (Å²) in [6.45, 7) is 6.31. The van der Waals surface area contributed by atoms with Gasteiger partial charge >= 0.3 is 0 Å². The summed E-state index contributed by atoms with van der Waals surface area (Å²) >= 11 is 0. The molecule has 0 radical (unpaired) electrons. The predicted molar refractivity (Wildman–Crippen MR) is 87.1 cm³/mol. The molecule has 1 aromatic carbocycles. The van der Waals surface area contributed by atoms with Gasteiger partial charge in [-0.15, -0.1) is 0 Å². The first-order valence-electron chi connectivity index (χ1n) is 7.92. The number of ether oxygens (including phenoxy) is 1. The van der Waals surface area contributed by atoms with Gasteiger partial charge in [0.25, 0.3) is 0 Å². The van der Waals surface area contributed by atoms with Crippen LogP contribution in [-0.4, -0.2) is 35.1 Å².